The first-order chi connectivity index (χ1) is 6.77. The lowest BCUT2D eigenvalue weighted by Gasteiger charge is -1.91. The molecule has 0 amide bonds. The van der Waals surface area contributed by atoms with Crippen molar-refractivity contribution >= 4 is 17.3 Å². The zero-order chi connectivity index (χ0) is 10.1. The maximum Gasteiger partial charge on any atom is 0.154 e. The zero-order valence-corrected chi connectivity index (χ0v) is 8.33. The molecule has 0 N–H and O–H groups in total. The summed E-state index contributed by atoms with van der Waals surface area (Å²) in [7, 11) is 0. The van der Waals surface area contributed by atoms with Crippen LogP contribution in [-0.4, -0.2) is 6.29 Å². The highest BCUT2D eigenvalue weighted by atomic mass is 16.3. The van der Waals surface area contributed by atoms with Gasteiger partial charge in [0, 0.05) is 11.8 Å². The lowest BCUT2D eigenvalue weighted by Crippen LogP contribution is -1.83. The lowest BCUT2D eigenvalue weighted by molar-refractivity contribution is 0.112. The number of hydrogen-bond acceptors (Lipinski definition) is 2. The summed E-state index contributed by atoms with van der Waals surface area (Å²) < 4.78 is 5.64. The highest BCUT2D eigenvalue weighted by molar-refractivity contribution is 5.98. The predicted molar refractivity (Wildman–Crippen MR) is 55.7 cm³/mol. The molecule has 0 aliphatic heterocycles. The number of aryl methyl sites for hydroxylation is 2. The molecule has 0 aliphatic rings. The molecule has 1 aromatic carbocycles. The minimum atomic E-state index is 0.700. The van der Waals surface area contributed by atoms with Gasteiger partial charge in [-0.25, -0.2) is 0 Å². The van der Waals surface area contributed by atoms with E-state index in [2.05, 4.69) is 0 Å². The Balaban J connectivity index is 2.86. The van der Waals surface area contributed by atoms with Gasteiger partial charge < -0.3 is 4.42 Å². The normalized spacial score (nSPS) is 10.7. The van der Waals surface area contributed by atoms with E-state index >= 15 is 0 Å². The fourth-order valence-electron chi connectivity index (χ4n) is 1.72. The van der Waals surface area contributed by atoms with Gasteiger partial charge in [-0.05, 0) is 12.5 Å². The SMILES string of the molecule is CCc1oc2c(C)cccc2c1C=O. The largest absolute Gasteiger partial charge is 0.460 e. The van der Waals surface area contributed by atoms with Crippen LogP contribution in [0.15, 0.2) is 22.6 Å². The molecule has 14 heavy (non-hydrogen) atoms. The number of benzene rings is 1. The van der Waals surface area contributed by atoms with E-state index in [-0.39, 0.29) is 0 Å². The Morgan fingerprint density at radius 3 is 2.86 bits per heavy atom. The predicted octanol–water partition coefficient (Wildman–Crippen LogP) is 3.12. The summed E-state index contributed by atoms with van der Waals surface area (Å²) >= 11 is 0. The number of fused-ring (bicyclic) bond motifs is 1. The second kappa shape index (κ2) is 3.29. The quantitative estimate of drug-likeness (QED) is 0.678. The maximum absolute atomic E-state index is 10.9. The molecule has 0 saturated carbocycles. The van der Waals surface area contributed by atoms with Crippen molar-refractivity contribution in [2.24, 2.45) is 0 Å². The first-order valence-corrected chi connectivity index (χ1v) is 4.74. The van der Waals surface area contributed by atoms with Gasteiger partial charge in [-0.3, -0.25) is 4.79 Å². The van der Waals surface area contributed by atoms with Crippen LogP contribution in [0.4, 0.5) is 0 Å². The molecule has 0 aliphatic carbocycles. The van der Waals surface area contributed by atoms with Crippen molar-refractivity contribution in [2.45, 2.75) is 20.3 Å². The van der Waals surface area contributed by atoms with Crippen LogP contribution in [0.5, 0.6) is 0 Å². The number of para-hydroxylation sites is 1. The van der Waals surface area contributed by atoms with Crippen molar-refractivity contribution in [1.29, 1.82) is 0 Å². The van der Waals surface area contributed by atoms with E-state index in [4.69, 9.17) is 4.42 Å². The van der Waals surface area contributed by atoms with Crippen LogP contribution >= 0.6 is 0 Å². The molecule has 0 atom stereocenters. The molecule has 2 heteroatoms. The summed E-state index contributed by atoms with van der Waals surface area (Å²) in [4.78, 5) is 10.9. The number of aldehydes is 1. The topological polar surface area (TPSA) is 30.2 Å². The molecule has 0 unspecified atom stereocenters. The van der Waals surface area contributed by atoms with Gasteiger partial charge in [0.15, 0.2) is 6.29 Å². The molecule has 2 rings (SSSR count). The molecule has 2 nitrogen and oxygen atoms in total. The molecule has 0 fully saturated rings. The lowest BCUT2D eigenvalue weighted by atomic mass is 10.1. The molecule has 0 bridgehead atoms. The first-order valence-electron chi connectivity index (χ1n) is 4.74. The Morgan fingerprint density at radius 2 is 2.21 bits per heavy atom. The van der Waals surface area contributed by atoms with E-state index in [1.54, 1.807) is 0 Å². The number of rotatable bonds is 2. The maximum atomic E-state index is 10.9. The Morgan fingerprint density at radius 1 is 1.43 bits per heavy atom. The molecule has 0 spiro atoms. The molecule has 2 aromatic rings. The van der Waals surface area contributed by atoms with Gasteiger partial charge in [-0.1, -0.05) is 25.1 Å². The molecule has 0 radical (unpaired) electrons. The van der Waals surface area contributed by atoms with E-state index in [0.717, 1.165) is 35.0 Å². The van der Waals surface area contributed by atoms with Gasteiger partial charge in [0.2, 0.25) is 0 Å². The van der Waals surface area contributed by atoms with Crippen LogP contribution in [0.3, 0.4) is 0 Å². The third-order valence-electron chi connectivity index (χ3n) is 2.47. The molecule has 1 aromatic heterocycles. The highest BCUT2D eigenvalue weighted by Crippen LogP contribution is 2.27. The average Bonchev–Trinajstić information content (AvgIpc) is 2.57. The Hall–Kier alpha value is -1.57. The second-order valence-electron chi connectivity index (χ2n) is 3.36. The third kappa shape index (κ3) is 1.15. The number of hydrogen-bond donors (Lipinski definition) is 0. The summed E-state index contributed by atoms with van der Waals surface area (Å²) in [5.74, 6) is 0.782. The van der Waals surface area contributed by atoms with Crippen LogP contribution in [-0.2, 0) is 6.42 Å². The fraction of sp³-hybridized carbons (Fsp3) is 0.250. The fourth-order valence-corrected chi connectivity index (χ4v) is 1.72. The molecular weight excluding hydrogens is 176 g/mol. The van der Waals surface area contributed by atoms with Crippen LogP contribution in [0.25, 0.3) is 11.0 Å². The van der Waals surface area contributed by atoms with E-state index in [1.807, 2.05) is 32.0 Å². The standard InChI is InChI=1S/C12H12O2/c1-3-11-10(7-13)9-6-4-5-8(2)12(9)14-11/h4-7H,3H2,1-2H3. The van der Waals surface area contributed by atoms with Crippen molar-refractivity contribution in [1.82, 2.24) is 0 Å². The Bertz CT molecular complexity index is 480. The second-order valence-corrected chi connectivity index (χ2v) is 3.36. The molecule has 1 heterocycles. The summed E-state index contributed by atoms with van der Waals surface area (Å²) in [5, 5.41) is 0.928. The van der Waals surface area contributed by atoms with Crippen LogP contribution < -0.4 is 0 Å². The van der Waals surface area contributed by atoms with Gasteiger partial charge >= 0.3 is 0 Å². The van der Waals surface area contributed by atoms with Crippen molar-refractivity contribution < 1.29 is 9.21 Å². The van der Waals surface area contributed by atoms with Crippen molar-refractivity contribution in [3.63, 3.8) is 0 Å². The van der Waals surface area contributed by atoms with Crippen LogP contribution in [0.2, 0.25) is 0 Å². The smallest absolute Gasteiger partial charge is 0.154 e. The third-order valence-corrected chi connectivity index (χ3v) is 2.47. The minimum Gasteiger partial charge on any atom is -0.460 e. The van der Waals surface area contributed by atoms with Crippen molar-refractivity contribution in [2.75, 3.05) is 0 Å². The first kappa shape index (κ1) is 9.00. The molecule has 72 valence electrons. The van der Waals surface area contributed by atoms with E-state index < -0.39 is 0 Å². The Kier molecular flexibility index (Phi) is 2.12. The van der Waals surface area contributed by atoms with Gasteiger partial charge in [0.25, 0.3) is 0 Å². The van der Waals surface area contributed by atoms with Crippen LogP contribution in [0, 0.1) is 6.92 Å². The molecule has 0 saturated heterocycles. The number of carbonyl (C=O) groups excluding carboxylic acids is 1. The summed E-state index contributed by atoms with van der Waals surface area (Å²) in [6.07, 6.45) is 1.63. The van der Waals surface area contributed by atoms with E-state index in [9.17, 15) is 4.79 Å². The van der Waals surface area contributed by atoms with Gasteiger partial charge in [-0.2, -0.15) is 0 Å². The Labute approximate surface area is 82.5 Å². The van der Waals surface area contributed by atoms with Gasteiger partial charge in [0.1, 0.15) is 11.3 Å². The summed E-state index contributed by atoms with van der Waals surface area (Å²) in [5.41, 5.74) is 2.61. The van der Waals surface area contributed by atoms with E-state index in [1.165, 1.54) is 0 Å². The summed E-state index contributed by atoms with van der Waals surface area (Å²) in [6, 6.07) is 5.86. The number of carbonyl (C=O) groups is 1. The van der Waals surface area contributed by atoms with Crippen molar-refractivity contribution in [3.8, 4) is 0 Å². The van der Waals surface area contributed by atoms with E-state index in [0.29, 0.717) is 5.56 Å². The van der Waals surface area contributed by atoms with Crippen LogP contribution in [0.1, 0.15) is 28.6 Å². The highest BCUT2D eigenvalue weighted by Gasteiger charge is 2.12. The number of furan rings is 1. The minimum absolute atomic E-state index is 0.700. The van der Waals surface area contributed by atoms with Gasteiger partial charge in [-0.15, -0.1) is 0 Å². The summed E-state index contributed by atoms with van der Waals surface area (Å²) in [6.45, 7) is 3.97. The molecular formula is C12H12O2. The monoisotopic (exact) mass is 188 g/mol. The van der Waals surface area contributed by atoms with Gasteiger partial charge in [0.05, 0.1) is 5.56 Å². The average molecular weight is 188 g/mol. The zero-order valence-electron chi connectivity index (χ0n) is 8.33. The van der Waals surface area contributed by atoms with Crippen molar-refractivity contribution in [3.05, 3.63) is 35.1 Å².